The third-order valence-electron chi connectivity index (χ3n) is 5.24. The van der Waals surface area contributed by atoms with E-state index < -0.39 is 17.6 Å². The molecular formula is C24H18F3N7O. The molecule has 5 aromatic rings. The first-order valence-corrected chi connectivity index (χ1v) is 10.6. The maximum atomic E-state index is 13.0. The maximum absolute atomic E-state index is 13.0. The summed E-state index contributed by atoms with van der Waals surface area (Å²) in [6.45, 7) is 1.86. The van der Waals surface area contributed by atoms with Gasteiger partial charge in [-0.05, 0) is 55.5 Å². The van der Waals surface area contributed by atoms with Crippen molar-refractivity contribution < 1.29 is 18.0 Å². The Bertz CT molecular complexity index is 1540. The number of pyridine rings is 2. The number of amides is 1. The van der Waals surface area contributed by atoms with Crippen molar-refractivity contribution in [2.45, 2.75) is 19.5 Å². The molecule has 1 amide bonds. The van der Waals surface area contributed by atoms with E-state index in [9.17, 15) is 18.0 Å². The van der Waals surface area contributed by atoms with Gasteiger partial charge in [0.05, 0.1) is 23.4 Å². The number of benzene rings is 1. The van der Waals surface area contributed by atoms with Crippen LogP contribution in [0.15, 0.2) is 73.2 Å². The SMILES string of the molecule is Cc1cccc(-n2nc(CC(=O)Nc3cccc(C(F)(F)F)c3)cc2-c2ccc3ncnn3c2)n1. The van der Waals surface area contributed by atoms with Crippen LogP contribution in [0.2, 0.25) is 0 Å². The number of hydrogen-bond donors (Lipinski definition) is 1. The number of nitrogens with zero attached hydrogens (tertiary/aromatic N) is 6. The molecule has 0 atom stereocenters. The molecule has 0 aliphatic rings. The predicted octanol–water partition coefficient (Wildman–Crippen LogP) is 4.49. The van der Waals surface area contributed by atoms with Gasteiger partial charge in [-0.1, -0.05) is 12.1 Å². The zero-order valence-corrected chi connectivity index (χ0v) is 18.4. The number of nitrogens with one attached hydrogen (secondary N) is 1. The van der Waals surface area contributed by atoms with Crippen LogP contribution in [0, 0.1) is 6.92 Å². The molecular weight excluding hydrogens is 459 g/mol. The molecule has 1 aromatic carbocycles. The van der Waals surface area contributed by atoms with Gasteiger partial charge in [-0.3, -0.25) is 4.79 Å². The number of aryl methyl sites for hydroxylation is 1. The second-order valence-corrected chi connectivity index (χ2v) is 7.85. The molecule has 11 heteroatoms. The number of alkyl halides is 3. The lowest BCUT2D eigenvalue weighted by molar-refractivity contribution is -0.137. The molecule has 4 aromatic heterocycles. The largest absolute Gasteiger partial charge is 0.416 e. The third-order valence-corrected chi connectivity index (χ3v) is 5.24. The molecule has 8 nitrogen and oxygen atoms in total. The normalized spacial score (nSPS) is 11.7. The third kappa shape index (κ3) is 4.74. The summed E-state index contributed by atoms with van der Waals surface area (Å²) in [5, 5.41) is 11.3. The van der Waals surface area contributed by atoms with Crippen molar-refractivity contribution in [3.05, 3.63) is 90.1 Å². The van der Waals surface area contributed by atoms with E-state index in [0.29, 0.717) is 22.9 Å². The van der Waals surface area contributed by atoms with Crippen LogP contribution in [0.1, 0.15) is 17.0 Å². The van der Waals surface area contributed by atoms with Gasteiger partial charge in [-0.15, -0.1) is 0 Å². The van der Waals surface area contributed by atoms with Crippen LogP contribution in [-0.2, 0) is 17.4 Å². The Morgan fingerprint density at radius 2 is 1.89 bits per heavy atom. The van der Waals surface area contributed by atoms with Crippen molar-refractivity contribution in [1.82, 2.24) is 29.4 Å². The molecule has 0 unspecified atom stereocenters. The number of hydrogen-bond acceptors (Lipinski definition) is 5. The minimum Gasteiger partial charge on any atom is -0.326 e. The average Bonchev–Trinajstić information content (AvgIpc) is 3.45. The van der Waals surface area contributed by atoms with Crippen LogP contribution in [-0.4, -0.2) is 35.3 Å². The molecule has 0 saturated heterocycles. The molecule has 0 bridgehead atoms. The first-order chi connectivity index (χ1) is 16.8. The lowest BCUT2D eigenvalue weighted by Crippen LogP contribution is -2.15. The van der Waals surface area contributed by atoms with Gasteiger partial charge in [0.1, 0.15) is 6.33 Å². The van der Waals surface area contributed by atoms with Crippen LogP contribution in [0.4, 0.5) is 18.9 Å². The van der Waals surface area contributed by atoms with E-state index in [1.807, 2.05) is 31.2 Å². The second kappa shape index (κ2) is 8.67. The topological polar surface area (TPSA) is 90.0 Å². The van der Waals surface area contributed by atoms with Crippen LogP contribution >= 0.6 is 0 Å². The van der Waals surface area contributed by atoms with Crippen molar-refractivity contribution >= 4 is 17.2 Å². The maximum Gasteiger partial charge on any atom is 0.416 e. The summed E-state index contributed by atoms with van der Waals surface area (Å²) >= 11 is 0. The van der Waals surface area contributed by atoms with Crippen molar-refractivity contribution in [2.24, 2.45) is 0 Å². The zero-order chi connectivity index (χ0) is 24.6. The standard InChI is InChI=1S/C24H18F3N7O/c1-15-4-2-7-22(30-15)34-20(16-8-9-21-28-14-29-33(21)13-16)11-19(32-34)12-23(35)31-18-6-3-5-17(10-18)24(25,26)27/h2-11,13-14H,12H2,1H3,(H,31,35). The molecule has 1 N–H and O–H groups in total. The highest BCUT2D eigenvalue weighted by atomic mass is 19.4. The van der Waals surface area contributed by atoms with E-state index in [2.05, 4.69) is 25.5 Å². The van der Waals surface area contributed by atoms with E-state index in [4.69, 9.17) is 0 Å². The monoisotopic (exact) mass is 477 g/mol. The highest BCUT2D eigenvalue weighted by molar-refractivity contribution is 5.92. The summed E-state index contributed by atoms with van der Waals surface area (Å²) in [7, 11) is 0. The van der Waals surface area contributed by atoms with E-state index in [0.717, 1.165) is 23.4 Å². The fraction of sp³-hybridized carbons (Fsp3) is 0.125. The van der Waals surface area contributed by atoms with Crippen molar-refractivity contribution in [3.8, 4) is 17.1 Å². The Labute approximate surface area is 197 Å². The first kappa shape index (κ1) is 22.3. The summed E-state index contributed by atoms with van der Waals surface area (Å²) < 4.78 is 42.2. The molecule has 0 spiro atoms. The van der Waals surface area contributed by atoms with Gasteiger partial charge in [0.15, 0.2) is 11.5 Å². The van der Waals surface area contributed by atoms with E-state index in [1.165, 1.54) is 18.5 Å². The number of rotatable bonds is 5. The molecule has 35 heavy (non-hydrogen) atoms. The van der Waals surface area contributed by atoms with Crippen LogP contribution in [0.3, 0.4) is 0 Å². The van der Waals surface area contributed by atoms with E-state index in [-0.39, 0.29) is 12.1 Å². The summed E-state index contributed by atoms with van der Waals surface area (Å²) in [4.78, 5) is 21.3. The number of carbonyl (C=O) groups is 1. The first-order valence-electron chi connectivity index (χ1n) is 10.6. The fourth-order valence-electron chi connectivity index (χ4n) is 3.65. The number of anilines is 1. The van der Waals surface area contributed by atoms with Crippen LogP contribution in [0.5, 0.6) is 0 Å². The van der Waals surface area contributed by atoms with Gasteiger partial charge in [0.2, 0.25) is 5.91 Å². The fourth-order valence-corrected chi connectivity index (χ4v) is 3.65. The van der Waals surface area contributed by atoms with Gasteiger partial charge in [-0.2, -0.15) is 23.4 Å². The lowest BCUT2D eigenvalue weighted by atomic mass is 10.1. The Morgan fingerprint density at radius 1 is 1.06 bits per heavy atom. The second-order valence-electron chi connectivity index (χ2n) is 7.85. The average molecular weight is 477 g/mol. The Balaban J connectivity index is 1.47. The minimum atomic E-state index is -4.50. The number of halogens is 3. The highest BCUT2D eigenvalue weighted by Gasteiger charge is 2.30. The van der Waals surface area contributed by atoms with Gasteiger partial charge < -0.3 is 5.32 Å². The predicted molar refractivity (Wildman–Crippen MR) is 122 cm³/mol. The number of carbonyl (C=O) groups excluding carboxylic acids is 1. The van der Waals surface area contributed by atoms with Gasteiger partial charge in [0.25, 0.3) is 0 Å². The molecule has 5 rings (SSSR count). The molecule has 176 valence electrons. The van der Waals surface area contributed by atoms with Crippen molar-refractivity contribution in [1.29, 1.82) is 0 Å². The lowest BCUT2D eigenvalue weighted by Gasteiger charge is -2.09. The number of aromatic nitrogens is 6. The van der Waals surface area contributed by atoms with Crippen molar-refractivity contribution in [2.75, 3.05) is 5.32 Å². The minimum absolute atomic E-state index is 0.0569. The molecule has 0 aliphatic carbocycles. The summed E-state index contributed by atoms with van der Waals surface area (Å²) in [5.74, 6) is 0.0627. The van der Waals surface area contributed by atoms with Gasteiger partial charge in [-0.25, -0.2) is 19.2 Å². The molecule has 0 saturated carbocycles. The van der Waals surface area contributed by atoms with Crippen LogP contribution in [0.25, 0.3) is 22.7 Å². The van der Waals surface area contributed by atoms with Crippen LogP contribution < -0.4 is 5.32 Å². The Hall–Kier alpha value is -4.54. The van der Waals surface area contributed by atoms with Crippen molar-refractivity contribution in [3.63, 3.8) is 0 Å². The van der Waals surface area contributed by atoms with E-state index >= 15 is 0 Å². The summed E-state index contributed by atoms with van der Waals surface area (Å²) in [6.07, 6.45) is -1.41. The highest BCUT2D eigenvalue weighted by Crippen LogP contribution is 2.31. The molecule has 0 fully saturated rings. The quantitative estimate of drug-likeness (QED) is 0.403. The molecule has 0 aliphatic heterocycles. The summed E-state index contributed by atoms with van der Waals surface area (Å²) in [6, 6.07) is 15.4. The Morgan fingerprint density at radius 3 is 2.69 bits per heavy atom. The molecule has 4 heterocycles. The zero-order valence-electron chi connectivity index (χ0n) is 18.4. The van der Waals surface area contributed by atoms with Gasteiger partial charge in [0, 0.05) is 23.1 Å². The number of fused-ring (bicyclic) bond motifs is 1. The Kier molecular flexibility index (Phi) is 5.51. The van der Waals surface area contributed by atoms with Gasteiger partial charge >= 0.3 is 6.18 Å². The smallest absolute Gasteiger partial charge is 0.326 e. The van der Waals surface area contributed by atoms with E-state index in [1.54, 1.807) is 27.5 Å². The molecule has 0 radical (unpaired) electrons. The summed E-state index contributed by atoms with van der Waals surface area (Å²) in [5.41, 5.74) is 2.54.